The number of nitrogens with zero attached hydrogens (tertiary/aromatic N) is 5. The third kappa shape index (κ3) is 0.661. The molecule has 0 aliphatic carbocycles. The van der Waals surface area contributed by atoms with Crippen molar-refractivity contribution in [2.24, 2.45) is 0 Å². The molecule has 0 saturated heterocycles. The number of aromatic nitrogens is 6. The van der Waals surface area contributed by atoms with Crippen molar-refractivity contribution in [1.82, 2.24) is 30.4 Å². The number of aromatic amines is 1. The van der Waals surface area contributed by atoms with E-state index in [4.69, 9.17) is 0 Å². The maximum Gasteiger partial charge on any atom is 0.200 e. The Morgan fingerprint density at radius 2 is 2.20 bits per heavy atom. The lowest BCUT2D eigenvalue weighted by atomic mass is 10.8. The minimum Gasteiger partial charge on any atom is -0.239 e. The third-order valence-electron chi connectivity index (χ3n) is 0.981. The van der Waals surface area contributed by atoms with Gasteiger partial charge in [0.1, 0.15) is 0 Å². The van der Waals surface area contributed by atoms with Crippen LogP contribution in [-0.4, -0.2) is 30.4 Å². The molecule has 0 atom stereocenters. The number of rotatable bonds is 1. The van der Waals surface area contributed by atoms with E-state index >= 15 is 0 Å². The van der Waals surface area contributed by atoms with Crippen molar-refractivity contribution in [3.8, 4) is 5.82 Å². The molecular formula is C4H3N6. The van der Waals surface area contributed by atoms with E-state index in [0.717, 1.165) is 0 Å². The summed E-state index contributed by atoms with van der Waals surface area (Å²) in [5, 5.41) is 17.1. The monoisotopic (exact) mass is 135 g/mol. The zero-order chi connectivity index (χ0) is 6.81. The van der Waals surface area contributed by atoms with E-state index in [9.17, 15) is 0 Å². The van der Waals surface area contributed by atoms with E-state index in [1.54, 1.807) is 12.4 Å². The summed E-state index contributed by atoms with van der Waals surface area (Å²) in [6.45, 7) is 0. The fourth-order valence-corrected chi connectivity index (χ4v) is 0.590. The van der Waals surface area contributed by atoms with E-state index in [-0.39, 0.29) is 0 Å². The Labute approximate surface area is 55.9 Å². The van der Waals surface area contributed by atoms with Gasteiger partial charge in [0, 0.05) is 0 Å². The Morgan fingerprint density at radius 1 is 1.40 bits per heavy atom. The third-order valence-corrected chi connectivity index (χ3v) is 0.981. The first kappa shape index (κ1) is 5.10. The number of nitrogens with one attached hydrogen (secondary N) is 1. The van der Waals surface area contributed by atoms with E-state index in [2.05, 4.69) is 31.8 Å². The van der Waals surface area contributed by atoms with Crippen molar-refractivity contribution in [3.05, 3.63) is 18.6 Å². The van der Waals surface area contributed by atoms with Crippen molar-refractivity contribution in [2.45, 2.75) is 0 Å². The fraction of sp³-hybridized carbons (Fsp3) is 0. The van der Waals surface area contributed by atoms with Crippen LogP contribution in [0, 0.1) is 6.20 Å². The van der Waals surface area contributed by atoms with Crippen LogP contribution in [-0.2, 0) is 0 Å². The van der Waals surface area contributed by atoms with Gasteiger partial charge in [-0.3, -0.25) is 0 Å². The van der Waals surface area contributed by atoms with Crippen molar-refractivity contribution in [1.29, 1.82) is 0 Å². The molecule has 10 heavy (non-hydrogen) atoms. The molecule has 0 unspecified atom stereocenters. The van der Waals surface area contributed by atoms with Crippen molar-refractivity contribution in [3.63, 3.8) is 0 Å². The molecule has 2 aromatic rings. The molecule has 49 valence electrons. The Morgan fingerprint density at radius 3 is 2.80 bits per heavy atom. The SMILES string of the molecule is [c]1nn[nH]c1-n1nccn1. The van der Waals surface area contributed by atoms with Gasteiger partial charge < -0.3 is 0 Å². The summed E-state index contributed by atoms with van der Waals surface area (Å²) in [6.07, 6.45) is 5.69. The largest absolute Gasteiger partial charge is 0.239 e. The highest BCUT2D eigenvalue weighted by Gasteiger charge is 1.97. The van der Waals surface area contributed by atoms with Crippen LogP contribution in [0.25, 0.3) is 5.82 Å². The van der Waals surface area contributed by atoms with Gasteiger partial charge in [0.2, 0.25) is 0 Å². The highest BCUT2D eigenvalue weighted by molar-refractivity contribution is 5.06. The number of hydrogen-bond donors (Lipinski definition) is 1. The molecule has 0 saturated carbocycles. The second-order valence-corrected chi connectivity index (χ2v) is 1.59. The molecule has 0 amide bonds. The number of H-pyrrole nitrogens is 1. The lowest BCUT2D eigenvalue weighted by Crippen LogP contribution is -1.98. The van der Waals surface area contributed by atoms with Gasteiger partial charge in [-0.25, -0.2) is 5.10 Å². The molecule has 0 aliphatic heterocycles. The van der Waals surface area contributed by atoms with Crippen molar-refractivity contribution < 1.29 is 0 Å². The highest BCUT2D eigenvalue weighted by Crippen LogP contribution is 1.90. The summed E-state index contributed by atoms with van der Waals surface area (Å²) < 4.78 is 0. The summed E-state index contributed by atoms with van der Waals surface area (Å²) in [7, 11) is 0. The molecule has 0 aliphatic rings. The Balaban J connectivity index is 2.48. The molecule has 2 rings (SSSR count). The van der Waals surface area contributed by atoms with Gasteiger partial charge in [-0.1, -0.05) is 5.21 Å². The molecule has 6 nitrogen and oxygen atoms in total. The quantitative estimate of drug-likeness (QED) is 0.554. The topological polar surface area (TPSA) is 72.3 Å². The molecule has 1 N–H and O–H groups in total. The van der Waals surface area contributed by atoms with Gasteiger partial charge in [-0.05, 0) is 0 Å². The minimum atomic E-state index is 0.532. The van der Waals surface area contributed by atoms with Crippen molar-refractivity contribution >= 4 is 0 Å². The summed E-state index contributed by atoms with van der Waals surface area (Å²) >= 11 is 0. The molecular weight excluding hydrogens is 132 g/mol. The molecule has 0 bridgehead atoms. The van der Waals surface area contributed by atoms with Gasteiger partial charge >= 0.3 is 0 Å². The van der Waals surface area contributed by atoms with Crippen molar-refractivity contribution in [2.75, 3.05) is 0 Å². The van der Waals surface area contributed by atoms with Gasteiger partial charge in [0.05, 0.1) is 12.4 Å². The predicted molar refractivity (Wildman–Crippen MR) is 30.1 cm³/mol. The number of hydrogen-bond acceptors (Lipinski definition) is 4. The van der Waals surface area contributed by atoms with Gasteiger partial charge in [-0.15, -0.1) is 9.90 Å². The fourth-order valence-electron chi connectivity index (χ4n) is 0.590. The molecule has 2 aromatic heterocycles. The average Bonchev–Trinajstić information content (AvgIpc) is 2.59. The molecule has 6 heteroatoms. The van der Waals surface area contributed by atoms with E-state index < -0.39 is 0 Å². The first-order valence-electron chi connectivity index (χ1n) is 2.62. The van der Waals surface area contributed by atoms with E-state index in [0.29, 0.717) is 5.82 Å². The van der Waals surface area contributed by atoms with Crippen LogP contribution in [0.5, 0.6) is 0 Å². The molecule has 2 heterocycles. The normalized spacial score (nSPS) is 10.0. The zero-order valence-electron chi connectivity index (χ0n) is 4.89. The maximum absolute atomic E-state index is 3.82. The second kappa shape index (κ2) is 1.90. The average molecular weight is 135 g/mol. The highest BCUT2D eigenvalue weighted by atomic mass is 15.5. The van der Waals surface area contributed by atoms with Gasteiger partial charge in [0.15, 0.2) is 12.0 Å². The van der Waals surface area contributed by atoms with Crippen LogP contribution in [0.4, 0.5) is 0 Å². The Kier molecular flexibility index (Phi) is 0.970. The summed E-state index contributed by atoms with van der Waals surface area (Å²) in [5.74, 6) is 0.532. The van der Waals surface area contributed by atoms with E-state index in [1.165, 1.54) is 4.80 Å². The Bertz CT molecular complexity index is 249. The molecule has 0 aromatic carbocycles. The smallest absolute Gasteiger partial charge is 0.200 e. The maximum atomic E-state index is 3.82. The van der Waals surface area contributed by atoms with Crippen LogP contribution in [0.1, 0.15) is 0 Å². The summed E-state index contributed by atoms with van der Waals surface area (Å²) in [6, 6.07) is 0. The summed E-state index contributed by atoms with van der Waals surface area (Å²) in [5.41, 5.74) is 0. The Hall–Kier alpha value is -1.72. The first-order valence-corrected chi connectivity index (χ1v) is 2.62. The molecule has 1 radical (unpaired) electrons. The van der Waals surface area contributed by atoms with Crippen LogP contribution in [0.2, 0.25) is 0 Å². The lowest BCUT2D eigenvalue weighted by molar-refractivity contribution is 0.723. The summed E-state index contributed by atoms with van der Waals surface area (Å²) in [4.78, 5) is 1.35. The second-order valence-electron chi connectivity index (χ2n) is 1.59. The predicted octanol–water partition coefficient (Wildman–Crippen LogP) is -0.814. The molecule has 0 spiro atoms. The van der Waals surface area contributed by atoms with Crippen LogP contribution in [0.15, 0.2) is 12.4 Å². The van der Waals surface area contributed by atoms with Gasteiger partial charge in [-0.2, -0.15) is 10.2 Å². The van der Waals surface area contributed by atoms with Crippen LogP contribution >= 0.6 is 0 Å². The lowest BCUT2D eigenvalue weighted by Gasteiger charge is -1.87. The van der Waals surface area contributed by atoms with Crippen LogP contribution < -0.4 is 0 Å². The standard InChI is InChI=1S/C4H3N6/c1-2-7-10(6-1)4-3-5-9-8-4/h1-2H,(H,5,8,9). The van der Waals surface area contributed by atoms with E-state index in [1.807, 2.05) is 0 Å². The zero-order valence-corrected chi connectivity index (χ0v) is 4.89. The molecule has 0 fully saturated rings. The van der Waals surface area contributed by atoms with Gasteiger partial charge in [0.25, 0.3) is 0 Å². The van der Waals surface area contributed by atoms with Crippen LogP contribution in [0.3, 0.4) is 0 Å². The minimum absolute atomic E-state index is 0.532. The first-order chi connectivity index (χ1) is 4.97.